The van der Waals surface area contributed by atoms with Gasteiger partial charge in [-0.05, 0) is 48.4 Å². The number of hydrogen-bond donors (Lipinski definition) is 1. The van der Waals surface area contributed by atoms with E-state index < -0.39 is 6.04 Å². The van der Waals surface area contributed by atoms with Crippen LogP contribution in [0.1, 0.15) is 17.2 Å². The Labute approximate surface area is 110 Å². The predicted molar refractivity (Wildman–Crippen MR) is 70.0 cm³/mol. The number of hydrogen-bond acceptors (Lipinski definition) is 2. The van der Waals surface area contributed by atoms with Gasteiger partial charge in [0.25, 0.3) is 0 Å². The first-order valence-corrected chi connectivity index (χ1v) is 5.96. The summed E-state index contributed by atoms with van der Waals surface area (Å²) in [5, 5.41) is 0. The molecular formula is C15H15F2NO. The van der Waals surface area contributed by atoms with Crippen molar-refractivity contribution in [1.82, 2.24) is 0 Å². The van der Waals surface area contributed by atoms with Crippen LogP contribution >= 0.6 is 0 Å². The van der Waals surface area contributed by atoms with Crippen LogP contribution in [0.3, 0.4) is 0 Å². The maximum atomic E-state index is 13.1. The third-order valence-corrected chi connectivity index (χ3v) is 2.83. The first kappa shape index (κ1) is 13.5. The summed E-state index contributed by atoms with van der Waals surface area (Å²) >= 11 is 0. The molecule has 0 aromatic heterocycles. The van der Waals surface area contributed by atoms with Gasteiger partial charge in [-0.25, -0.2) is 8.78 Å². The maximum absolute atomic E-state index is 13.1. The standard InChI is InChI=1S/C15H15F2NO/c1-10-7-13(17)5-6-15(10)19-9-14(18)11-3-2-4-12(16)8-11/h2-8,14H,9,18H2,1H3. The van der Waals surface area contributed by atoms with Crippen molar-refractivity contribution >= 4 is 0 Å². The van der Waals surface area contributed by atoms with E-state index in [0.29, 0.717) is 16.9 Å². The number of benzene rings is 2. The Hall–Kier alpha value is -1.94. The molecule has 0 amide bonds. The molecule has 0 heterocycles. The number of halogens is 2. The van der Waals surface area contributed by atoms with Gasteiger partial charge in [-0.2, -0.15) is 0 Å². The van der Waals surface area contributed by atoms with Crippen LogP contribution in [0, 0.1) is 18.6 Å². The van der Waals surface area contributed by atoms with Crippen LogP contribution in [0.5, 0.6) is 5.75 Å². The highest BCUT2D eigenvalue weighted by Crippen LogP contribution is 2.20. The van der Waals surface area contributed by atoms with Crippen LogP contribution in [0.2, 0.25) is 0 Å². The van der Waals surface area contributed by atoms with E-state index in [1.165, 1.54) is 24.3 Å². The summed E-state index contributed by atoms with van der Waals surface area (Å²) in [6.07, 6.45) is 0. The summed E-state index contributed by atoms with van der Waals surface area (Å²) in [5.74, 6) is -0.0570. The Bertz CT molecular complexity index is 572. The van der Waals surface area contributed by atoms with Crippen LogP contribution in [-0.2, 0) is 0 Å². The molecule has 2 aromatic rings. The van der Waals surface area contributed by atoms with Crippen molar-refractivity contribution in [2.75, 3.05) is 6.61 Å². The summed E-state index contributed by atoms with van der Waals surface area (Å²) in [6, 6.07) is 9.94. The van der Waals surface area contributed by atoms with E-state index in [4.69, 9.17) is 10.5 Å². The molecule has 0 aliphatic rings. The van der Waals surface area contributed by atoms with Gasteiger partial charge in [0.1, 0.15) is 24.0 Å². The number of aryl methyl sites for hydroxylation is 1. The third-order valence-electron chi connectivity index (χ3n) is 2.83. The van der Waals surface area contributed by atoms with Gasteiger partial charge in [0.05, 0.1) is 6.04 Å². The van der Waals surface area contributed by atoms with Gasteiger partial charge in [-0.3, -0.25) is 0 Å². The molecule has 2 aromatic carbocycles. The largest absolute Gasteiger partial charge is 0.491 e. The minimum atomic E-state index is -0.430. The minimum absolute atomic E-state index is 0.204. The summed E-state index contributed by atoms with van der Waals surface area (Å²) < 4.78 is 31.5. The van der Waals surface area contributed by atoms with E-state index in [1.807, 2.05) is 0 Å². The molecule has 1 unspecified atom stereocenters. The first-order valence-electron chi connectivity index (χ1n) is 5.96. The Morgan fingerprint density at radius 2 is 1.84 bits per heavy atom. The van der Waals surface area contributed by atoms with Crippen LogP contribution in [0.15, 0.2) is 42.5 Å². The first-order chi connectivity index (χ1) is 9.06. The lowest BCUT2D eigenvalue weighted by Gasteiger charge is -2.15. The molecule has 4 heteroatoms. The summed E-state index contributed by atoms with van der Waals surface area (Å²) in [5.41, 5.74) is 7.29. The second-order valence-electron chi connectivity index (χ2n) is 4.38. The second-order valence-corrected chi connectivity index (χ2v) is 4.38. The summed E-state index contributed by atoms with van der Waals surface area (Å²) in [7, 11) is 0. The molecule has 2 rings (SSSR count). The van der Waals surface area contributed by atoms with E-state index >= 15 is 0 Å². The monoisotopic (exact) mass is 263 g/mol. The fourth-order valence-corrected chi connectivity index (χ4v) is 1.79. The molecule has 0 aliphatic carbocycles. The fraction of sp³-hybridized carbons (Fsp3) is 0.200. The van der Waals surface area contributed by atoms with Gasteiger partial charge in [0.2, 0.25) is 0 Å². The molecule has 0 saturated carbocycles. The zero-order chi connectivity index (χ0) is 13.8. The van der Waals surface area contributed by atoms with Crippen molar-refractivity contribution in [1.29, 1.82) is 0 Å². The summed E-state index contributed by atoms with van der Waals surface area (Å²) in [4.78, 5) is 0. The highest BCUT2D eigenvalue weighted by Gasteiger charge is 2.09. The van der Waals surface area contributed by atoms with Crippen molar-refractivity contribution in [3.63, 3.8) is 0 Å². The number of ether oxygens (including phenoxy) is 1. The minimum Gasteiger partial charge on any atom is -0.491 e. The van der Waals surface area contributed by atoms with Crippen molar-refractivity contribution in [2.24, 2.45) is 5.73 Å². The van der Waals surface area contributed by atoms with Crippen LogP contribution in [-0.4, -0.2) is 6.61 Å². The van der Waals surface area contributed by atoms with E-state index in [9.17, 15) is 8.78 Å². The maximum Gasteiger partial charge on any atom is 0.123 e. The highest BCUT2D eigenvalue weighted by atomic mass is 19.1. The smallest absolute Gasteiger partial charge is 0.123 e. The Kier molecular flexibility index (Phi) is 4.12. The highest BCUT2D eigenvalue weighted by molar-refractivity contribution is 5.32. The molecule has 0 radical (unpaired) electrons. The van der Waals surface area contributed by atoms with E-state index in [2.05, 4.69) is 0 Å². The quantitative estimate of drug-likeness (QED) is 0.918. The van der Waals surface area contributed by atoms with Crippen LogP contribution in [0.25, 0.3) is 0 Å². The molecule has 100 valence electrons. The zero-order valence-electron chi connectivity index (χ0n) is 10.6. The Morgan fingerprint density at radius 1 is 1.11 bits per heavy atom. The van der Waals surface area contributed by atoms with Crippen molar-refractivity contribution < 1.29 is 13.5 Å². The van der Waals surface area contributed by atoms with Crippen molar-refractivity contribution in [2.45, 2.75) is 13.0 Å². The van der Waals surface area contributed by atoms with Gasteiger partial charge in [-0.1, -0.05) is 12.1 Å². The molecule has 0 fully saturated rings. The summed E-state index contributed by atoms with van der Waals surface area (Å²) in [6.45, 7) is 1.96. The SMILES string of the molecule is Cc1cc(F)ccc1OCC(N)c1cccc(F)c1. The average molecular weight is 263 g/mol. The normalized spacial score (nSPS) is 12.2. The van der Waals surface area contributed by atoms with Crippen molar-refractivity contribution in [3.8, 4) is 5.75 Å². The molecule has 2 N–H and O–H groups in total. The second kappa shape index (κ2) is 5.80. The van der Waals surface area contributed by atoms with E-state index in [1.54, 1.807) is 25.1 Å². The molecule has 19 heavy (non-hydrogen) atoms. The van der Waals surface area contributed by atoms with E-state index in [-0.39, 0.29) is 18.2 Å². The topological polar surface area (TPSA) is 35.2 Å². The van der Waals surface area contributed by atoms with E-state index in [0.717, 1.165) is 0 Å². The zero-order valence-corrected chi connectivity index (χ0v) is 10.6. The van der Waals surface area contributed by atoms with Gasteiger partial charge < -0.3 is 10.5 Å². The van der Waals surface area contributed by atoms with Gasteiger partial charge in [0, 0.05) is 0 Å². The fourth-order valence-electron chi connectivity index (χ4n) is 1.79. The van der Waals surface area contributed by atoms with Gasteiger partial charge in [-0.15, -0.1) is 0 Å². The van der Waals surface area contributed by atoms with Crippen LogP contribution < -0.4 is 10.5 Å². The van der Waals surface area contributed by atoms with Gasteiger partial charge in [0.15, 0.2) is 0 Å². The number of rotatable bonds is 4. The lowest BCUT2D eigenvalue weighted by atomic mass is 10.1. The lowest BCUT2D eigenvalue weighted by Crippen LogP contribution is -2.19. The van der Waals surface area contributed by atoms with Crippen LogP contribution in [0.4, 0.5) is 8.78 Å². The molecule has 0 spiro atoms. The molecule has 1 atom stereocenters. The molecule has 2 nitrogen and oxygen atoms in total. The number of nitrogens with two attached hydrogens (primary N) is 1. The lowest BCUT2D eigenvalue weighted by molar-refractivity contribution is 0.288. The molecule has 0 saturated heterocycles. The van der Waals surface area contributed by atoms with Gasteiger partial charge >= 0.3 is 0 Å². The Morgan fingerprint density at radius 3 is 2.53 bits per heavy atom. The predicted octanol–water partition coefficient (Wildman–Crippen LogP) is 3.35. The molecular weight excluding hydrogens is 248 g/mol. The molecule has 0 bridgehead atoms. The third kappa shape index (κ3) is 3.51. The molecule has 0 aliphatic heterocycles. The average Bonchev–Trinajstić information content (AvgIpc) is 2.37. The van der Waals surface area contributed by atoms with Crippen molar-refractivity contribution in [3.05, 3.63) is 65.2 Å². The Balaban J connectivity index is 2.02.